The molecule has 3 nitrogen and oxygen atoms in total. The highest BCUT2D eigenvalue weighted by Crippen LogP contribution is 2.32. The van der Waals surface area contributed by atoms with Crippen LogP contribution in [0.1, 0.15) is 16.8 Å². The van der Waals surface area contributed by atoms with Crippen LogP contribution in [0.2, 0.25) is 15.1 Å². The zero-order valence-electron chi connectivity index (χ0n) is 9.88. The molecule has 1 heterocycles. The van der Waals surface area contributed by atoms with Crippen molar-refractivity contribution in [3.05, 3.63) is 32.8 Å². The molecule has 104 valence electrons. The molecule has 1 aromatic carbocycles. The average Bonchev–Trinajstić information content (AvgIpc) is 2.80. The predicted molar refractivity (Wildman–Crippen MR) is 80.7 cm³/mol. The van der Waals surface area contributed by atoms with E-state index >= 15 is 0 Å². The van der Waals surface area contributed by atoms with E-state index in [2.05, 4.69) is 5.32 Å². The van der Waals surface area contributed by atoms with Crippen molar-refractivity contribution in [3.63, 3.8) is 0 Å². The first-order valence-corrected chi connectivity index (χ1v) is 7.94. The van der Waals surface area contributed by atoms with E-state index in [1.165, 1.54) is 12.1 Å². The number of benzene rings is 1. The van der Waals surface area contributed by atoms with Crippen LogP contribution in [-0.2, 0) is 0 Å². The van der Waals surface area contributed by atoms with E-state index in [1.807, 2.05) is 0 Å². The molecule has 1 aromatic rings. The Balaban J connectivity index is 2.10. The summed E-state index contributed by atoms with van der Waals surface area (Å²) < 4.78 is 0. The summed E-state index contributed by atoms with van der Waals surface area (Å²) in [5, 5.41) is 13.4. The zero-order valence-corrected chi connectivity index (χ0v) is 13.0. The van der Waals surface area contributed by atoms with Crippen molar-refractivity contribution in [1.82, 2.24) is 5.32 Å². The summed E-state index contributed by atoms with van der Waals surface area (Å²) in [5.41, 5.74) is -0.706. The highest BCUT2D eigenvalue weighted by Gasteiger charge is 2.32. The second-order valence-electron chi connectivity index (χ2n) is 4.43. The molecule has 7 heteroatoms. The van der Waals surface area contributed by atoms with Crippen LogP contribution in [0.3, 0.4) is 0 Å². The Morgan fingerprint density at radius 3 is 2.68 bits per heavy atom. The maximum absolute atomic E-state index is 12.1. The molecule has 1 aliphatic rings. The fourth-order valence-corrected chi connectivity index (χ4v) is 3.80. The number of halogens is 3. The first-order valence-electron chi connectivity index (χ1n) is 5.65. The summed E-state index contributed by atoms with van der Waals surface area (Å²) in [6.45, 7) is 0.179. The standard InChI is InChI=1S/C12H12Cl3NO2S/c13-7-1-2-8(14)10(15)9(7)11(17)16-5-12(18)3-4-19-6-12/h1-2,18H,3-6H2,(H,16,17). The van der Waals surface area contributed by atoms with E-state index in [-0.39, 0.29) is 27.2 Å². The second-order valence-corrected chi connectivity index (χ2v) is 6.73. The summed E-state index contributed by atoms with van der Waals surface area (Å²) in [5.74, 6) is 1.08. The maximum Gasteiger partial charge on any atom is 0.254 e. The van der Waals surface area contributed by atoms with Crippen LogP contribution in [-0.4, -0.2) is 34.7 Å². The Bertz CT molecular complexity index is 504. The van der Waals surface area contributed by atoms with Crippen molar-refractivity contribution in [1.29, 1.82) is 0 Å². The maximum atomic E-state index is 12.1. The monoisotopic (exact) mass is 339 g/mol. The molecule has 2 rings (SSSR count). The molecule has 0 bridgehead atoms. The predicted octanol–water partition coefficient (Wildman–Crippen LogP) is 3.24. The number of hydrogen-bond donors (Lipinski definition) is 2. The van der Waals surface area contributed by atoms with E-state index in [4.69, 9.17) is 34.8 Å². The number of thioether (sulfide) groups is 1. The third kappa shape index (κ3) is 3.50. The molecule has 2 N–H and O–H groups in total. The van der Waals surface area contributed by atoms with Crippen LogP contribution in [0.4, 0.5) is 0 Å². The molecular formula is C12H12Cl3NO2S. The van der Waals surface area contributed by atoms with Crippen LogP contribution in [0, 0.1) is 0 Å². The minimum Gasteiger partial charge on any atom is -0.387 e. The fourth-order valence-electron chi connectivity index (χ4n) is 1.80. The molecule has 0 aliphatic carbocycles. The van der Waals surface area contributed by atoms with Crippen LogP contribution in [0.25, 0.3) is 0 Å². The van der Waals surface area contributed by atoms with Gasteiger partial charge in [-0.15, -0.1) is 0 Å². The third-order valence-electron chi connectivity index (χ3n) is 2.93. The van der Waals surface area contributed by atoms with E-state index in [9.17, 15) is 9.90 Å². The molecule has 0 saturated carbocycles. The molecule has 1 atom stereocenters. The van der Waals surface area contributed by atoms with E-state index in [0.717, 1.165) is 5.75 Å². The molecule has 0 spiro atoms. The van der Waals surface area contributed by atoms with Gasteiger partial charge in [0.2, 0.25) is 0 Å². The van der Waals surface area contributed by atoms with E-state index in [1.54, 1.807) is 11.8 Å². The van der Waals surface area contributed by atoms with Crippen molar-refractivity contribution in [2.75, 3.05) is 18.1 Å². The average molecular weight is 341 g/mol. The summed E-state index contributed by atoms with van der Waals surface area (Å²) in [6.07, 6.45) is 0.662. The molecule has 19 heavy (non-hydrogen) atoms. The zero-order chi connectivity index (χ0) is 14.0. The lowest BCUT2D eigenvalue weighted by molar-refractivity contribution is 0.0612. The Morgan fingerprint density at radius 1 is 1.37 bits per heavy atom. The first-order chi connectivity index (χ1) is 8.93. The molecule has 1 unspecified atom stereocenters. The highest BCUT2D eigenvalue weighted by molar-refractivity contribution is 7.99. The van der Waals surface area contributed by atoms with Gasteiger partial charge in [-0.1, -0.05) is 34.8 Å². The minimum absolute atomic E-state index is 0.124. The quantitative estimate of drug-likeness (QED) is 0.831. The van der Waals surface area contributed by atoms with Gasteiger partial charge in [-0.25, -0.2) is 0 Å². The van der Waals surface area contributed by atoms with Crippen molar-refractivity contribution in [2.24, 2.45) is 0 Å². The summed E-state index contributed by atoms with van der Waals surface area (Å²) >= 11 is 19.5. The number of nitrogens with one attached hydrogen (secondary N) is 1. The third-order valence-corrected chi connectivity index (χ3v) is 5.29. The molecular weight excluding hydrogens is 329 g/mol. The van der Waals surface area contributed by atoms with Gasteiger partial charge in [0.25, 0.3) is 5.91 Å². The van der Waals surface area contributed by atoms with Gasteiger partial charge < -0.3 is 10.4 Å². The van der Waals surface area contributed by atoms with Crippen LogP contribution in [0.15, 0.2) is 12.1 Å². The normalized spacial score (nSPS) is 22.5. The lowest BCUT2D eigenvalue weighted by Crippen LogP contribution is -2.43. The van der Waals surface area contributed by atoms with Crippen molar-refractivity contribution < 1.29 is 9.90 Å². The van der Waals surface area contributed by atoms with Gasteiger partial charge in [-0.2, -0.15) is 11.8 Å². The first kappa shape index (κ1) is 15.3. The second kappa shape index (κ2) is 6.10. The van der Waals surface area contributed by atoms with Crippen molar-refractivity contribution in [2.45, 2.75) is 12.0 Å². The Hall–Kier alpha value is -0.130. The highest BCUT2D eigenvalue weighted by atomic mass is 35.5. The molecule has 1 fully saturated rings. The molecule has 1 amide bonds. The molecule has 1 aliphatic heterocycles. The van der Waals surface area contributed by atoms with Gasteiger partial charge in [0, 0.05) is 12.3 Å². The van der Waals surface area contributed by atoms with Crippen LogP contribution in [0.5, 0.6) is 0 Å². The molecule has 0 radical (unpaired) electrons. The van der Waals surface area contributed by atoms with Crippen molar-refractivity contribution in [3.8, 4) is 0 Å². The summed E-state index contributed by atoms with van der Waals surface area (Å²) in [7, 11) is 0. The Morgan fingerprint density at radius 2 is 2.05 bits per heavy atom. The number of aliphatic hydroxyl groups is 1. The molecule has 0 aromatic heterocycles. The van der Waals surface area contributed by atoms with E-state index < -0.39 is 11.5 Å². The van der Waals surface area contributed by atoms with Gasteiger partial charge in [0.1, 0.15) is 0 Å². The van der Waals surface area contributed by atoms with Crippen LogP contribution >= 0.6 is 46.6 Å². The number of carbonyl (C=O) groups is 1. The topological polar surface area (TPSA) is 49.3 Å². The minimum atomic E-state index is -0.849. The number of rotatable bonds is 3. The SMILES string of the molecule is O=C(NCC1(O)CCSC1)c1c(Cl)ccc(Cl)c1Cl. The number of amides is 1. The lowest BCUT2D eigenvalue weighted by Gasteiger charge is -2.21. The van der Waals surface area contributed by atoms with E-state index in [0.29, 0.717) is 12.2 Å². The largest absolute Gasteiger partial charge is 0.387 e. The van der Waals surface area contributed by atoms with Gasteiger partial charge >= 0.3 is 0 Å². The number of hydrogen-bond acceptors (Lipinski definition) is 3. The molecule has 1 saturated heterocycles. The number of carbonyl (C=O) groups excluding carboxylic acids is 1. The Labute approximate surface area is 130 Å². The van der Waals surface area contributed by atoms with Crippen molar-refractivity contribution >= 4 is 52.5 Å². The van der Waals surface area contributed by atoms with Gasteiger partial charge in [0.15, 0.2) is 0 Å². The van der Waals surface area contributed by atoms with Gasteiger partial charge in [-0.05, 0) is 24.3 Å². The summed E-state index contributed by atoms with van der Waals surface area (Å²) in [4.78, 5) is 12.1. The lowest BCUT2D eigenvalue weighted by atomic mass is 10.0. The van der Waals surface area contributed by atoms with Crippen LogP contribution < -0.4 is 5.32 Å². The fraction of sp³-hybridized carbons (Fsp3) is 0.417. The summed E-state index contributed by atoms with van der Waals surface area (Å²) in [6, 6.07) is 3.05. The Kier molecular flexibility index (Phi) is 4.90. The smallest absolute Gasteiger partial charge is 0.254 e. The van der Waals surface area contributed by atoms with Gasteiger partial charge in [0.05, 0.1) is 26.2 Å². The van der Waals surface area contributed by atoms with Gasteiger partial charge in [-0.3, -0.25) is 4.79 Å².